The number of allylic oxidation sites excluding steroid dienone is 11. The number of hydrogen-bond acceptors (Lipinski definition) is 2. The Kier molecular flexibility index (Phi) is 19.3. The highest BCUT2D eigenvalue weighted by atomic mass is 16.5. The van der Waals surface area contributed by atoms with Gasteiger partial charge < -0.3 is 4.74 Å². The maximum atomic E-state index is 11.1. The molecule has 0 aliphatic carbocycles. The maximum Gasteiger partial charge on any atom is 0.330 e. The average molecular weight is 357 g/mol. The van der Waals surface area contributed by atoms with Crippen molar-refractivity contribution in [2.75, 3.05) is 6.61 Å². The Morgan fingerprint density at radius 3 is 1.62 bits per heavy atom. The molecular weight excluding hydrogens is 320 g/mol. The van der Waals surface area contributed by atoms with Crippen molar-refractivity contribution < 1.29 is 9.53 Å². The molecule has 0 heterocycles. The first-order chi connectivity index (χ1) is 12.8. The lowest BCUT2D eigenvalue weighted by atomic mass is 10.2. The van der Waals surface area contributed by atoms with Gasteiger partial charge in [-0.25, -0.2) is 4.79 Å². The monoisotopic (exact) mass is 356 g/mol. The molecule has 0 N–H and O–H groups in total. The van der Waals surface area contributed by atoms with Gasteiger partial charge in [-0.3, -0.25) is 0 Å². The van der Waals surface area contributed by atoms with Crippen molar-refractivity contribution in [2.45, 2.75) is 65.2 Å². The standard InChI is InChI=1S/C24H36O2/c1-3-5-6-7-8-9-10-11-12-13-14-15-16-17-18-19-20-21-22-23-24(25)26-4-2/h5-6,8-9,11-12,14-15,17-18,22-23H,3-4,7,10,13,16,19-21H2,1-2H3. The number of rotatable bonds is 15. The number of hydrogen-bond donors (Lipinski definition) is 0. The second-order valence-corrected chi connectivity index (χ2v) is 5.79. The van der Waals surface area contributed by atoms with Gasteiger partial charge in [0, 0.05) is 6.08 Å². The summed E-state index contributed by atoms with van der Waals surface area (Å²) in [4.78, 5) is 11.1. The zero-order valence-corrected chi connectivity index (χ0v) is 16.6. The molecule has 0 aliphatic heterocycles. The summed E-state index contributed by atoms with van der Waals surface area (Å²) in [6, 6.07) is 0. The molecule has 0 bridgehead atoms. The van der Waals surface area contributed by atoms with Crippen LogP contribution in [-0.2, 0) is 9.53 Å². The van der Waals surface area contributed by atoms with E-state index in [0.29, 0.717) is 6.61 Å². The van der Waals surface area contributed by atoms with Crippen LogP contribution in [0.15, 0.2) is 72.9 Å². The Labute approximate surface area is 160 Å². The molecule has 144 valence electrons. The Bertz CT molecular complexity index is 490. The van der Waals surface area contributed by atoms with E-state index in [9.17, 15) is 4.79 Å². The van der Waals surface area contributed by atoms with Gasteiger partial charge in [-0.1, -0.05) is 73.8 Å². The van der Waals surface area contributed by atoms with Gasteiger partial charge in [0.25, 0.3) is 0 Å². The fraction of sp³-hybridized carbons (Fsp3) is 0.458. The Balaban J connectivity index is 3.51. The summed E-state index contributed by atoms with van der Waals surface area (Å²) in [5, 5.41) is 0. The lowest BCUT2D eigenvalue weighted by Crippen LogP contribution is -1.98. The van der Waals surface area contributed by atoms with Crippen LogP contribution in [0, 0.1) is 0 Å². The summed E-state index contributed by atoms with van der Waals surface area (Å²) in [7, 11) is 0. The molecule has 0 unspecified atom stereocenters. The van der Waals surface area contributed by atoms with E-state index >= 15 is 0 Å². The van der Waals surface area contributed by atoms with Crippen LogP contribution in [0.5, 0.6) is 0 Å². The highest BCUT2D eigenvalue weighted by molar-refractivity contribution is 5.81. The molecule has 26 heavy (non-hydrogen) atoms. The minimum absolute atomic E-state index is 0.248. The molecule has 2 heteroatoms. The van der Waals surface area contributed by atoms with Gasteiger partial charge >= 0.3 is 5.97 Å². The zero-order chi connectivity index (χ0) is 19.1. The van der Waals surface area contributed by atoms with Crippen LogP contribution in [0.1, 0.15) is 65.2 Å². The number of carbonyl (C=O) groups excluding carboxylic acids is 1. The molecule has 0 amide bonds. The number of unbranched alkanes of at least 4 members (excludes halogenated alkanes) is 2. The maximum absolute atomic E-state index is 11.1. The summed E-state index contributed by atoms with van der Waals surface area (Å²) in [5.74, 6) is -0.248. The lowest BCUT2D eigenvalue weighted by molar-refractivity contribution is -0.137. The summed E-state index contributed by atoms with van der Waals surface area (Å²) >= 11 is 0. The molecule has 0 aromatic carbocycles. The van der Waals surface area contributed by atoms with E-state index in [1.54, 1.807) is 0 Å². The largest absolute Gasteiger partial charge is 0.463 e. The molecule has 0 rings (SSSR count). The number of esters is 1. The van der Waals surface area contributed by atoms with Crippen molar-refractivity contribution in [1.82, 2.24) is 0 Å². The Morgan fingerprint density at radius 1 is 0.654 bits per heavy atom. The molecule has 2 nitrogen and oxygen atoms in total. The normalized spacial score (nSPS) is 12.8. The van der Waals surface area contributed by atoms with E-state index in [4.69, 9.17) is 4.74 Å². The summed E-state index contributed by atoms with van der Waals surface area (Å²) in [6.07, 6.45) is 33.6. The topological polar surface area (TPSA) is 26.3 Å². The van der Waals surface area contributed by atoms with E-state index in [1.807, 2.05) is 13.0 Å². The van der Waals surface area contributed by atoms with Crippen molar-refractivity contribution in [3.8, 4) is 0 Å². The smallest absolute Gasteiger partial charge is 0.330 e. The second kappa shape index (κ2) is 21.0. The summed E-state index contributed by atoms with van der Waals surface area (Å²) in [5.41, 5.74) is 0. The van der Waals surface area contributed by atoms with E-state index in [1.165, 1.54) is 6.08 Å². The quantitative estimate of drug-likeness (QED) is 0.136. The van der Waals surface area contributed by atoms with Gasteiger partial charge in [-0.15, -0.1) is 0 Å². The summed E-state index contributed by atoms with van der Waals surface area (Å²) < 4.78 is 4.82. The molecule has 0 aromatic rings. The van der Waals surface area contributed by atoms with Gasteiger partial charge in [0.2, 0.25) is 0 Å². The van der Waals surface area contributed by atoms with Crippen molar-refractivity contribution in [2.24, 2.45) is 0 Å². The summed E-state index contributed by atoms with van der Waals surface area (Å²) in [6.45, 7) is 4.40. The first-order valence-corrected chi connectivity index (χ1v) is 9.89. The second-order valence-electron chi connectivity index (χ2n) is 5.79. The van der Waals surface area contributed by atoms with E-state index in [-0.39, 0.29) is 5.97 Å². The zero-order valence-electron chi connectivity index (χ0n) is 16.6. The van der Waals surface area contributed by atoms with Crippen molar-refractivity contribution in [3.63, 3.8) is 0 Å². The van der Waals surface area contributed by atoms with Crippen LogP contribution in [0.2, 0.25) is 0 Å². The minimum atomic E-state index is -0.248. The minimum Gasteiger partial charge on any atom is -0.463 e. The number of carbonyl (C=O) groups is 1. The van der Waals surface area contributed by atoms with E-state index in [0.717, 1.165) is 51.4 Å². The molecule has 0 aromatic heterocycles. The van der Waals surface area contributed by atoms with E-state index < -0.39 is 0 Å². The molecule has 0 atom stereocenters. The molecule has 0 spiro atoms. The van der Waals surface area contributed by atoms with Crippen molar-refractivity contribution in [1.29, 1.82) is 0 Å². The van der Waals surface area contributed by atoms with Crippen LogP contribution in [0.25, 0.3) is 0 Å². The van der Waals surface area contributed by atoms with Gasteiger partial charge in [-0.05, 0) is 58.3 Å². The fourth-order valence-corrected chi connectivity index (χ4v) is 2.09. The van der Waals surface area contributed by atoms with Crippen LogP contribution in [0.3, 0.4) is 0 Å². The van der Waals surface area contributed by atoms with Crippen LogP contribution >= 0.6 is 0 Å². The van der Waals surface area contributed by atoms with Crippen molar-refractivity contribution in [3.05, 3.63) is 72.9 Å². The molecule has 0 saturated carbocycles. The third-order valence-electron chi connectivity index (χ3n) is 3.44. The molecule has 0 aliphatic rings. The highest BCUT2D eigenvalue weighted by Crippen LogP contribution is 2.00. The third kappa shape index (κ3) is 20.0. The molecule has 0 fully saturated rings. The van der Waals surface area contributed by atoms with Crippen LogP contribution in [-0.4, -0.2) is 12.6 Å². The Morgan fingerprint density at radius 2 is 1.12 bits per heavy atom. The predicted octanol–water partition coefficient (Wildman–Crippen LogP) is 7.03. The third-order valence-corrected chi connectivity index (χ3v) is 3.44. The van der Waals surface area contributed by atoms with Gasteiger partial charge in [-0.2, -0.15) is 0 Å². The Hall–Kier alpha value is -2.09. The SMILES string of the molecule is CCC=CCC=CCC=CCC=CCC=CCCCC=CC(=O)OCC. The van der Waals surface area contributed by atoms with Crippen molar-refractivity contribution >= 4 is 5.97 Å². The predicted molar refractivity (Wildman–Crippen MR) is 114 cm³/mol. The molecular formula is C24H36O2. The average Bonchev–Trinajstić information content (AvgIpc) is 2.64. The van der Waals surface area contributed by atoms with Gasteiger partial charge in [0.05, 0.1) is 6.61 Å². The molecule has 0 radical (unpaired) electrons. The fourth-order valence-electron chi connectivity index (χ4n) is 2.09. The van der Waals surface area contributed by atoms with E-state index in [2.05, 4.69) is 67.7 Å². The first-order valence-electron chi connectivity index (χ1n) is 9.89. The lowest BCUT2D eigenvalue weighted by Gasteiger charge is -1.94. The van der Waals surface area contributed by atoms with Crippen LogP contribution in [0.4, 0.5) is 0 Å². The van der Waals surface area contributed by atoms with Crippen LogP contribution < -0.4 is 0 Å². The highest BCUT2D eigenvalue weighted by Gasteiger charge is 1.91. The van der Waals surface area contributed by atoms with Gasteiger partial charge in [0.15, 0.2) is 0 Å². The van der Waals surface area contributed by atoms with Gasteiger partial charge in [0.1, 0.15) is 0 Å². The number of ether oxygens (including phenoxy) is 1. The molecule has 0 saturated heterocycles. The first kappa shape index (κ1) is 23.9.